The Morgan fingerprint density at radius 2 is 2.47 bits per heavy atom. The van der Waals surface area contributed by atoms with Gasteiger partial charge < -0.3 is 15.4 Å². The lowest BCUT2D eigenvalue weighted by molar-refractivity contribution is -0.124. The largest absolute Gasteiger partial charge is 0.375 e. The van der Waals surface area contributed by atoms with Crippen molar-refractivity contribution < 1.29 is 9.53 Å². The monoisotopic (exact) mass is 280 g/mol. The van der Waals surface area contributed by atoms with Crippen LogP contribution in [0.5, 0.6) is 0 Å². The van der Waals surface area contributed by atoms with Gasteiger partial charge in [-0.2, -0.15) is 0 Å². The molecular weight excluding hydrogens is 260 g/mol. The maximum atomic E-state index is 11.8. The van der Waals surface area contributed by atoms with E-state index in [0.717, 1.165) is 13.1 Å². The highest BCUT2D eigenvalue weighted by atomic mass is 32.1. The van der Waals surface area contributed by atoms with Gasteiger partial charge in [0.1, 0.15) is 0 Å². The summed E-state index contributed by atoms with van der Waals surface area (Å²) < 4.78 is 5.53. The van der Waals surface area contributed by atoms with Crippen LogP contribution in [0.15, 0.2) is 6.07 Å². The van der Waals surface area contributed by atoms with E-state index in [2.05, 4.69) is 16.7 Å². The minimum absolute atomic E-state index is 0.0297. The number of amides is 1. The second-order valence-electron chi connectivity index (χ2n) is 5.19. The molecule has 1 atom stereocenters. The average Bonchev–Trinajstić information content (AvgIpc) is 2.98. The molecule has 2 N–H and O–H groups in total. The van der Waals surface area contributed by atoms with Crippen LogP contribution >= 0.6 is 11.3 Å². The molecule has 0 spiro atoms. The van der Waals surface area contributed by atoms with E-state index >= 15 is 0 Å². The molecule has 2 aliphatic rings. The summed E-state index contributed by atoms with van der Waals surface area (Å²) in [6.07, 6.45) is 4.21. The number of hydrogen-bond donors (Lipinski definition) is 2. The molecule has 0 saturated carbocycles. The summed E-state index contributed by atoms with van der Waals surface area (Å²) in [6.45, 7) is 3.03. The van der Waals surface area contributed by atoms with Crippen LogP contribution in [0.2, 0.25) is 0 Å². The minimum Gasteiger partial charge on any atom is -0.375 e. The maximum Gasteiger partial charge on any atom is 0.222 e. The van der Waals surface area contributed by atoms with Crippen LogP contribution in [0, 0.1) is 0 Å². The predicted octanol–water partition coefficient (Wildman–Crippen LogP) is 1.23. The molecule has 1 aliphatic heterocycles. The van der Waals surface area contributed by atoms with Gasteiger partial charge in [0, 0.05) is 22.8 Å². The van der Waals surface area contributed by atoms with Gasteiger partial charge in [0.15, 0.2) is 0 Å². The van der Waals surface area contributed by atoms with Crippen LogP contribution in [0.1, 0.15) is 28.2 Å². The van der Waals surface area contributed by atoms with Gasteiger partial charge >= 0.3 is 0 Å². The van der Waals surface area contributed by atoms with Crippen LogP contribution < -0.4 is 10.6 Å². The van der Waals surface area contributed by atoms with Crippen molar-refractivity contribution in [3.63, 3.8) is 0 Å². The van der Waals surface area contributed by atoms with Gasteiger partial charge in [-0.1, -0.05) is 0 Å². The zero-order valence-electron chi connectivity index (χ0n) is 11.0. The molecule has 1 fully saturated rings. The number of thiophene rings is 1. The Morgan fingerprint density at radius 3 is 3.26 bits per heavy atom. The summed E-state index contributed by atoms with van der Waals surface area (Å²) in [5.74, 6) is 0.0854. The molecule has 1 unspecified atom stereocenters. The lowest BCUT2D eigenvalue weighted by atomic mass is 10.2. The first-order valence-electron chi connectivity index (χ1n) is 7.01. The van der Waals surface area contributed by atoms with Crippen LogP contribution in [-0.4, -0.2) is 31.7 Å². The number of hydrogen-bond acceptors (Lipinski definition) is 4. The molecule has 104 valence electrons. The number of carbonyl (C=O) groups excluding carboxylic acids is 1. The van der Waals surface area contributed by atoms with Crippen molar-refractivity contribution in [2.45, 2.75) is 38.3 Å². The van der Waals surface area contributed by atoms with Crippen LogP contribution in [-0.2, 0) is 28.9 Å². The van der Waals surface area contributed by atoms with E-state index in [0.29, 0.717) is 19.6 Å². The third-order valence-corrected chi connectivity index (χ3v) is 4.91. The van der Waals surface area contributed by atoms with E-state index in [1.165, 1.54) is 34.6 Å². The first-order chi connectivity index (χ1) is 9.31. The summed E-state index contributed by atoms with van der Waals surface area (Å²) in [7, 11) is 0. The van der Waals surface area contributed by atoms with Gasteiger partial charge in [-0.25, -0.2) is 0 Å². The summed E-state index contributed by atoms with van der Waals surface area (Å²) in [6, 6.07) is 2.26. The first kappa shape index (κ1) is 13.1. The average molecular weight is 280 g/mol. The first-order valence-corrected chi connectivity index (χ1v) is 7.82. The summed E-state index contributed by atoms with van der Waals surface area (Å²) in [5.41, 5.74) is 1.49. The van der Waals surface area contributed by atoms with Gasteiger partial charge in [-0.3, -0.25) is 4.79 Å². The topological polar surface area (TPSA) is 50.4 Å². The van der Waals surface area contributed by atoms with E-state index < -0.39 is 0 Å². The number of morpholine rings is 1. The Labute approximate surface area is 117 Å². The van der Waals surface area contributed by atoms with Gasteiger partial charge in [0.25, 0.3) is 0 Å². The Morgan fingerprint density at radius 1 is 1.53 bits per heavy atom. The number of nitrogens with one attached hydrogen (secondary N) is 2. The van der Waals surface area contributed by atoms with Crippen molar-refractivity contribution in [3.8, 4) is 0 Å². The van der Waals surface area contributed by atoms with Crippen molar-refractivity contribution >= 4 is 17.2 Å². The fourth-order valence-electron chi connectivity index (χ4n) is 2.69. The van der Waals surface area contributed by atoms with Crippen LogP contribution in [0.3, 0.4) is 0 Å². The lowest BCUT2D eigenvalue weighted by Crippen LogP contribution is -2.41. The normalized spacial score (nSPS) is 22.2. The highest BCUT2D eigenvalue weighted by Gasteiger charge is 2.18. The third-order valence-electron chi connectivity index (χ3n) is 3.67. The molecule has 19 heavy (non-hydrogen) atoms. The Hall–Kier alpha value is -0.910. The predicted molar refractivity (Wildman–Crippen MR) is 75.4 cm³/mol. The van der Waals surface area contributed by atoms with E-state index in [-0.39, 0.29) is 12.0 Å². The number of rotatable bonds is 4. The molecule has 1 aromatic rings. The summed E-state index contributed by atoms with van der Waals surface area (Å²) >= 11 is 1.85. The van der Waals surface area contributed by atoms with Gasteiger partial charge in [-0.05, 0) is 30.9 Å². The minimum atomic E-state index is 0.0297. The van der Waals surface area contributed by atoms with Crippen LogP contribution in [0.4, 0.5) is 0 Å². The fraction of sp³-hybridized carbons (Fsp3) is 0.643. The number of fused-ring (bicyclic) bond motifs is 1. The highest BCUT2D eigenvalue weighted by Crippen LogP contribution is 2.30. The lowest BCUT2D eigenvalue weighted by Gasteiger charge is -2.22. The molecule has 4 nitrogen and oxygen atoms in total. The molecule has 1 amide bonds. The van der Waals surface area contributed by atoms with Crippen LogP contribution in [0.25, 0.3) is 0 Å². The SMILES string of the molecule is O=C(CC1CNCCO1)NCc1cc2c(s1)CCC2. The summed E-state index contributed by atoms with van der Waals surface area (Å²) in [4.78, 5) is 14.6. The van der Waals surface area contributed by atoms with E-state index in [1.807, 2.05) is 11.3 Å². The zero-order valence-corrected chi connectivity index (χ0v) is 11.9. The van der Waals surface area contributed by atoms with E-state index in [4.69, 9.17) is 4.74 Å². The quantitative estimate of drug-likeness (QED) is 0.872. The van der Waals surface area contributed by atoms with Gasteiger partial charge in [0.05, 0.1) is 25.7 Å². The highest BCUT2D eigenvalue weighted by molar-refractivity contribution is 7.12. The molecular formula is C14H20N2O2S. The molecule has 1 saturated heterocycles. The maximum absolute atomic E-state index is 11.8. The Balaban J connectivity index is 1.44. The number of carbonyl (C=O) groups is 1. The van der Waals surface area contributed by atoms with Crippen molar-refractivity contribution in [1.82, 2.24) is 10.6 Å². The zero-order chi connectivity index (χ0) is 13.1. The Kier molecular flexibility index (Phi) is 4.15. The summed E-state index contributed by atoms with van der Waals surface area (Å²) in [5, 5.41) is 6.24. The molecule has 0 radical (unpaired) electrons. The van der Waals surface area contributed by atoms with Gasteiger partial charge in [0.2, 0.25) is 5.91 Å². The van der Waals surface area contributed by atoms with Crippen molar-refractivity contribution in [3.05, 3.63) is 21.4 Å². The molecule has 0 aromatic carbocycles. The standard InChI is InChI=1S/C14H20N2O2S/c17-14(7-11-8-15-4-5-18-11)16-9-12-6-10-2-1-3-13(10)19-12/h6,11,15H,1-5,7-9H2,(H,16,17). The smallest absolute Gasteiger partial charge is 0.222 e. The molecule has 1 aromatic heterocycles. The molecule has 1 aliphatic carbocycles. The van der Waals surface area contributed by atoms with Crippen molar-refractivity contribution in [2.75, 3.05) is 19.7 Å². The van der Waals surface area contributed by atoms with Crippen molar-refractivity contribution in [1.29, 1.82) is 0 Å². The Bertz CT molecular complexity index is 431. The van der Waals surface area contributed by atoms with Gasteiger partial charge in [-0.15, -0.1) is 11.3 Å². The second-order valence-corrected chi connectivity index (χ2v) is 6.41. The third kappa shape index (κ3) is 3.35. The number of aryl methyl sites for hydroxylation is 2. The van der Waals surface area contributed by atoms with E-state index in [9.17, 15) is 4.79 Å². The van der Waals surface area contributed by atoms with Crippen molar-refractivity contribution in [2.24, 2.45) is 0 Å². The van der Waals surface area contributed by atoms with E-state index in [1.54, 1.807) is 0 Å². The molecule has 2 heterocycles. The fourth-order valence-corrected chi connectivity index (χ4v) is 3.89. The molecule has 0 bridgehead atoms. The second kappa shape index (κ2) is 6.03. The number of ether oxygens (including phenoxy) is 1. The molecule has 5 heteroatoms. The molecule has 3 rings (SSSR count).